The predicted molar refractivity (Wildman–Crippen MR) is 100 cm³/mol. The summed E-state index contributed by atoms with van der Waals surface area (Å²) in [6, 6.07) is 8.77. The number of halogens is 1. The third kappa shape index (κ3) is 3.09. The van der Waals surface area contributed by atoms with Gasteiger partial charge >= 0.3 is 0 Å². The zero-order valence-electron chi connectivity index (χ0n) is 14.5. The first-order valence-electron chi connectivity index (χ1n) is 9.28. The minimum Gasteiger partial charge on any atom is -0.327 e. The second-order valence-electron chi connectivity index (χ2n) is 8.08. The molecule has 1 amide bonds. The Kier molecular flexibility index (Phi) is 5.22. The average Bonchev–Trinajstić information content (AvgIpc) is 2.53. The van der Waals surface area contributed by atoms with Gasteiger partial charge in [-0.05, 0) is 61.5 Å². The molecule has 4 rings (SSSR count). The van der Waals surface area contributed by atoms with Crippen LogP contribution in [-0.4, -0.2) is 18.5 Å². The summed E-state index contributed by atoms with van der Waals surface area (Å²) < 4.78 is 0. The Hall–Kier alpha value is -1.06. The summed E-state index contributed by atoms with van der Waals surface area (Å²) in [6.45, 7) is 3.12. The summed E-state index contributed by atoms with van der Waals surface area (Å²) in [5.74, 6) is 2.21. The Bertz CT molecular complexity index is 591. The molecule has 1 aliphatic heterocycles. The number of fused-ring (bicyclic) bond motifs is 3. The molecule has 0 radical (unpaired) electrons. The summed E-state index contributed by atoms with van der Waals surface area (Å²) >= 11 is 0. The van der Waals surface area contributed by atoms with Crippen LogP contribution in [0.5, 0.6) is 0 Å². The first kappa shape index (κ1) is 17.8. The van der Waals surface area contributed by atoms with E-state index in [1.165, 1.54) is 24.8 Å². The lowest BCUT2D eigenvalue weighted by Crippen LogP contribution is -2.51. The number of nitrogens with zero attached hydrogens (tertiary/aromatic N) is 1. The van der Waals surface area contributed by atoms with Gasteiger partial charge in [-0.3, -0.25) is 4.79 Å². The highest BCUT2D eigenvalue weighted by atomic mass is 35.5. The fourth-order valence-corrected chi connectivity index (χ4v) is 5.22. The highest BCUT2D eigenvalue weighted by Crippen LogP contribution is 2.43. The molecule has 1 aromatic carbocycles. The zero-order valence-corrected chi connectivity index (χ0v) is 15.3. The predicted octanol–water partition coefficient (Wildman–Crippen LogP) is 3.79. The number of rotatable bonds is 1. The van der Waals surface area contributed by atoms with Gasteiger partial charge in [0.1, 0.15) is 0 Å². The van der Waals surface area contributed by atoms with Crippen LogP contribution in [0.2, 0.25) is 0 Å². The Morgan fingerprint density at radius 2 is 1.83 bits per heavy atom. The quantitative estimate of drug-likeness (QED) is 0.839. The van der Waals surface area contributed by atoms with Crippen LogP contribution in [0.3, 0.4) is 0 Å². The fraction of sp³-hybridized carbons (Fsp3) is 0.650. The largest absolute Gasteiger partial charge is 0.327 e. The Labute approximate surface area is 151 Å². The van der Waals surface area contributed by atoms with Gasteiger partial charge in [0, 0.05) is 24.2 Å². The van der Waals surface area contributed by atoms with Crippen molar-refractivity contribution in [3.8, 4) is 0 Å². The van der Waals surface area contributed by atoms with Crippen LogP contribution in [0.1, 0.15) is 44.6 Å². The van der Waals surface area contributed by atoms with Crippen LogP contribution < -0.4 is 10.6 Å². The van der Waals surface area contributed by atoms with E-state index in [1.807, 2.05) is 0 Å². The molecule has 132 valence electrons. The van der Waals surface area contributed by atoms with Gasteiger partial charge < -0.3 is 10.6 Å². The number of carbonyl (C=O) groups is 1. The molecule has 3 unspecified atom stereocenters. The van der Waals surface area contributed by atoms with Crippen molar-refractivity contribution in [2.24, 2.45) is 29.4 Å². The maximum Gasteiger partial charge on any atom is 0.230 e. The molecule has 2 N–H and O–H groups in total. The molecule has 3 atom stereocenters. The van der Waals surface area contributed by atoms with E-state index in [0.717, 1.165) is 31.5 Å². The number of carbonyl (C=O) groups excluding carboxylic acids is 1. The highest BCUT2D eigenvalue weighted by Gasteiger charge is 2.42. The second kappa shape index (κ2) is 7.05. The van der Waals surface area contributed by atoms with Gasteiger partial charge in [0.25, 0.3) is 0 Å². The molecule has 3 aliphatic rings. The van der Waals surface area contributed by atoms with Gasteiger partial charge in [-0.1, -0.05) is 31.5 Å². The summed E-state index contributed by atoms with van der Waals surface area (Å²) in [5, 5.41) is 0. The van der Waals surface area contributed by atoms with Crippen LogP contribution in [0.4, 0.5) is 5.69 Å². The van der Waals surface area contributed by atoms with Gasteiger partial charge in [-0.15, -0.1) is 12.4 Å². The maximum absolute atomic E-state index is 13.3. The SMILES string of the molecule is CC1Cc2ccccc2N(C(=O)C2CC3CCCC(C2)C3N)C1.Cl. The number of hydrogen-bond acceptors (Lipinski definition) is 2. The number of benzene rings is 1. The molecule has 24 heavy (non-hydrogen) atoms. The summed E-state index contributed by atoms with van der Waals surface area (Å²) in [6.07, 6.45) is 6.82. The van der Waals surface area contributed by atoms with Crippen LogP contribution in [-0.2, 0) is 11.2 Å². The average molecular weight is 349 g/mol. The standard InChI is InChI=1S/C20H28N2O.ClH/c1-13-9-14-5-2-3-8-18(14)22(12-13)20(23)17-10-15-6-4-7-16(11-17)19(15)21;/h2-3,5,8,13,15-17,19H,4,6-7,9-12,21H2,1H3;1H. The van der Waals surface area contributed by atoms with E-state index in [2.05, 4.69) is 36.1 Å². The van der Waals surface area contributed by atoms with Crippen molar-refractivity contribution >= 4 is 24.0 Å². The molecule has 2 saturated carbocycles. The van der Waals surface area contributed by atoms with Crippen molar-refractivity contribution in [2.75, 3.05) is 11.4 Å². The van der Waals surface area contributed by atoms with E-state index in [9.17, 15) is 4.79 Å². The Morgan fingerprint density at radius 3 is 2.54 bits per heavy atom. The molecule has 0 saturated heterocycles. The van der Waals surface area contributed by atoms with E-state index in [1.54, 1.807) is 0 Å². The Balaban J connectivity index is 0.00000169. The zero-order chi connectivity index (χ0) is 16.0. The molecule has 2 aliphatic carbocycles. The lowest BCUT2D eigenvalue weighted by molar-refractivity contribution is -0.125. The minimum absolute atomic E-state index is 0. The molecule has 4 heteroatoms. The highest BCUT2D eigenvalue weighted by molar-refractivity contribution is 5.96. The first-order valence-corrected chi connectivity index (χ1v) is 9.28. The number of anilines is 1. The van der Waals surface area contributed by atoms with E-state index in [-0.39, 0.29) is 18.3 Å². The Morgan fingerprint density at radius 1 is 1.17 bits per heavy atom. The maximum atomic E-state index is 13.3. The van der Waals surface area contributed by atoms with Crippen molar-refractivity contribution in [3.05, 3.63) is 29.8 Å². The van der Waals surface area contributed by atoms with E-state index < -0.39 is 0 Å². The molecule has 2 bridgehead atoms. The van der Waals surface area contributed by atoms with Gasteiger partial charge in [0.05, 0.1) is 0 Å². The summed E-state index contributed by atoms with van der Waals surface area (Å²) in [5.41, 5.74) is 8.87. The number of nitrogens with two attached hydrogens (primary N) is 1. The number of para-hydroxylation sites is 1. The van der Waals surface area contributed by atoms with Gasteiger partial charge in [0.2, 0.25) is 5.91 Å². The van der Waals surface area contributed by atoms with Gasteiger partial charge in [-0.2, -0.15) is 0 Å². The lowest BCUT2D eigenvalue weighted by Gasteiger charge is -2.45. The topological polar surface area (TPSA) is 46.3 Å². The van der Waals surface area contributed by atoms with Gasteiger partial charge in [0.15, 0.2) is 0 Å². The molecule has 0 aromatic heterocycles. The van der Waals surface area contributed by atoms with Crippen molar-refractivity contribution in [2.45, 2.75) is 51.5 Å². The summed E-state index contributed by atoms with van der Waals surface area (Å²) in [7, 11) is 0. The number of amides is 1. The fourth-order valence-electron chi connectivity index (χ4n) is 5.22. The second-order valence-corrected chi connectivity index (χ2v) is 8.08. The normalized spacial score (nSPS) is 34.9. The lowest BCUT2D eigenvalue weighted by atomic mass is 9.65. The van der Waals surface area contributed by atoms with Crippen LogP contribution in [0.15, 0.2) is 24.3 Å². The molecular formula is C20H29ClN2O. The van der Waals surface area contributed by atoms with E-state index in [0.29, 0.717) is 29.7 Å². The molecule has 1 heterocycles. The molecule has 1 aromatic rings. The summed E-state index contributed by atoms with van der Waals surface area (Å²) in [4.78, 5) is 15.4. The van der Waals surface area contributed by atoms with Crippen LogP contribution in [0, 0.1) is 23.7 Å². The molecule has 3 nitrogen and oxygen atoms in total. The van der Waals surface area contributed by atoms with E-state index >= 15 is 0 Å². The van der Waals surface area contributed by atoms with E-state index in [4.69, 9.17) is 5.73 Å². The van der Waals surface area contributed by atoms with Crippen molar-refractivity contribution < 1.29 is 4.79 Å². The monoisotopic (exact) mass is 348 g/mol. The van der Waals surface area contributed by atoms with Crippen LogP contribution in [0.25, 0.3) is 0 Å². The van der Waals surface area contributed by atoms with Crippen LogP contribution >= 0.6 is 12.4 Å². The smallest absolute Gasteiger partial charge is 0.230 e. The first-order chi connectivity index (χ1) is 11.1. The van der Waals surface area contributed by atoms with Crippen molar-refractivity contribution in [3.63, 3.8) is 0 Å². The van der Waals surface area contributed by atoms with Gasteiger partial charge in [-0.25, -0.2) is 0 Å². The molecule has 2 fully saturated rings. The minimum atomic E-state index is 0. The molecular weight excluding hydrogens is 320 g/mol. The third-order valence-corrected chi connectivity index (χ3v) is 6.37. The van der Waals surface area contributed by atoms with Crippen molar-refractivity contribution in [1.82, 2.24) is 0 Å². The molecule has 0 spiro atoms. The van der Waals surface area contributed by atoms with Crippen molar-refractivity contribution in [1.29, 1.82) is 0 Å². The third-order valence-electron chi connectivity index (χ3n) is 6.37. The number of hydrogen-bond donors (Lipinski definition) is 1.